The van der Waals surface area contributed by atoms with Crippen LogP contribution in [0, 0.1) is 0 Å². The summed E-state index contributed by atoms with van der Waals surface area (Å²) in [5, 5.41) is 2.75. The van der Waals surface area contributed by atoms with E-state index in [2.05, 4.69) is 5.32 Å². The SMILES string of the molecule is CC(=O)CC(C)(C)NC(=O)CCN. The van der Waals surface area contributed by atoms with Crippen molar-refractivity contribution in [1.82, 2.24) is 5.32 Å². The molecular formula is C9H18N2O2. The normalized spacial score (nSPS) is 11.1. The average molecular weight is 186 g/mol. The smallest absolute Gasteiger partial charge is 0.221 e. The summed E-state index contributed by atoms with van der Waals surface area (Å²) in [4.78, 5) is 22.0. The van der Waals surface area contributed by atoms with Crippen LogP contribution in [0.3, 0.4) is 0 Å². The molecule has 0 saturated carbocycles. The Labute approximate surface area is 78.9 Å². The molecule has 3 N–H and O–H groups in total. The number of nitrogens with two attached hydrogens (primary N) is 1. The zero-order valence-corrected chi connectivity index (χ0v) is 8.52. The molecule has 4 heteroatoms. The van der Waals surface area contributed by atoms with Crippen LogP contribution in [0.2, 0.25) is 0 Å². The molecule has 0 atom stereocenters. The molecule has 0 aliphatic rings. The Morgan fingerprint density at radius 2 is 1.92 bits per heavy atom. The van der Waals surface area contributed by atoms with Crippen LogP contribution < -0.4 is 11.1 Å². The standard InChI is InChI=1S/C9H18N2O2/c1-7(12)6-9(2,3)11-8(13)4-5-10/h4-6,10H2,1-3H3,(H,11,13). The Balaban J connectivity index is 4.00. The second-order valence-electron chi connectivity index (χ2n) is 3.85. The molecule has 0 heterocycles. The Morgan fingerprint density at radius 1 is 1.38 bits per heavy atom. The molecule has 0 unspecified atom stereocenters. The molecule has 13 heavy (non-hydrogen) atoms. The van der Waals surface area contributed by atoms with Gasteiger partial charge in [0.25, 0.3) is 0 Å². The molecule has 0 aromatic rings. The number of ketones is 1. The van der Waals surface area contributed by atoms with Crippen LogP contribution in [0.4, 0.5) is 0 Å². The quantitative estimate of drug-likeness (QED) is 0.644. The summed E-state index contributed by atoms with van der Waals surface area (Å²) in [5.41, 5.74) is 4.76. The van der Waals surface area contributed by atoms with Crippen LogP contribution in [0.5, 0.6) is 0 Å². The van der Waals surface area contributed by atoms with Crippen molar-refractivity contribution in [3.05, 3.63) is 0 Å². The minimum absolute atomic E-state index is 0.0676. The van der Waals surface area contributed by atoms with Crippen molar-refractivity contribution in [2.24, 2.45) is 5.73 Å². The largest absolute Gasteiger partial charge is 0.351 e. The van der Waals surface area contributed by atoms with Gasteiger partial charge in [-0.3, -0.25) is 9.59 Å². The van der Waals surface area contributed by atoms with Gasteiger partial charge < -0.3 is 11.1 Å². The first-order valence-corrected chi connectivity index (χ1v) is 4.38. The lowest BCUT2D eigenvalue weighted by molar-refractivity contribution is -0.123. The molecule has 1 amide bonds. The van der Waals surface area contributed by atoms with Gasteiger partial charge in [0.15, 0.2) is 0 Å². The average Bonchev–Trinajstić information content (AvgIpc) is 1.81. The van der Waals surface area contributed by atoms with E-state index in [1.807, 2.05) is 13.8 Å². The second kappa shape index (κ2) is 4.97. The fraction of sp³-hybridized carbons (Fsp3) is 0.778. The molecule has 0 spiro atoms. The molecule has 0 saturated heterocycles. The number of carbonyl (C=O) groups is 2. The number of Topliss-reactive ketones (excluding diaryl/α,β-unsaturated/α-hetero) is 1. The molecule has 0 aliphatic heterocycles. The van der Waals surface area contributed by atoms with E-state index in [4.69, 9.17) is 5.73 Å². The fourth-order valence-electron chi connectivity index (χ4n) is 1.24. The van der Waals surface area contributed by atoms with Crippen LogP contribution in [-0.2, 0) is 9.59 Å². The number of nitrogens with one attached hydrogen (secondary N) is 1. The lowest BCUT2D eigenvalue weighted by Gasteiger charge is -2.24. The predicted molar refractivity (Wildman–Crippen MR) is 51.2 cm³/mol. The number of rotatable bonds is 5. The van der Waals surface area contributed by atoms with Crippen molar-refractivity contribution in [1.29, 1.82) is 0 Å². The van der Waals surface area contributed by atoms with Crippen molar-refractivity contribution in [3.8, 4) is 0 Å². The fourth-order valence-corrected chi connectivity index (χ4v) is 1.24. The third-order valence-corrected chi connectivity index (χ3v) is 1.54. The van der Waals surface area contributed by atoms with Gasteiger partial charge in [0.1, 0.15) is 5.78 Å². The van der Waals surface area contributed by atoms with E-state index in [-0.39, 0.29) is 11.7 Å². The molecule has 76 valence electrons. The van der Waals surface area contributed by atoms with Gasteiger partial charge in [0.05, 0.1) is 0 Å². The highest BCUT2D eigenvalue weighted by Gasteiger charge is 2.21. The van der Waals surface area contributed by atoms with Crippen LogP contribution in [0.1, 0.15) is 33.6 Å². The van der Waals surface area contributed by atoms with Gasteiger partial charge in [-0.25, -0.2) is 0 Å². The van der Waals surface area contributed by atoms with E-state index in [1.165, 1.54) is 6.92 Å². The number of amides is 1. The summed E-state index contributed by atoms with van der Waals surface area (Å²) >= 11 is 0. The van der Waals surface area contributed by atoms with Crippen molar-refractivity contribution < 1.29 is 9.59 Å². The summed E-state index contributed by atoms with van der Waals surface area (Å²) in [6.45, 7) is 5.49. The second-order valence-corrected chi connectivity index (χ2v) is 3.85. The van der Waals surface area contributed by atoms with Gasteiger partial charge in [-0.15, -0.1) is 0 Å². The third-order valence-electron chi connectivity index (χ3n) is 1.54. The minimum Gasteiger partial charge on any atom is -0.351 e. The lowest BCUT2D eigenvalue weighted by Crippen LogP contribution is -2.45. The molecular weight excluding hydrogens is 168 g/mol. The zero-order chi connectivity index (χ0) is 10.5. The van der Waals surface area contributed by atoms with Crippen LogP contribution in [-0.4, -0.2) is 23.8 Å². The summed E-state index contributed by atoms with van der Waals surface area (Å²) in [7, 11) is 0. The Kier molecular flexibility index (Phi) is 4.62. The molecule has 0 fully saturated rings. The van der Waals surface area contributed by atoms with Crippen LogP contribution in [0.25, 0.3) is 0 Å². The van der Waals surface area contributed by atoms with Gasteiger partial charge in [0.2, 0.25) is 5.91 Å². The summed E-state index contributed by atoms with van der Waals surface area (Å²) in [6.07, 6.45) is 0.657. The lowest BCUT2D eigenvalue weighted by atomic mass is 9.98. The Morgan fingerprint density at radius 3 is 2.31 bits per heavy atom. The number of carbonyl (C=O) groups excluding carboxylic acids is 2. The minimum atomic E-state index is -0.460. The van der Waals surface area contributed by atoms with E-state index in [9.17, 15) is 9.59 Å². The Hall–Kier alpha value is -0.900. The maximum Gasteiger partial charge on any atom is 0.221 e. The highest BCUT2D eigenvalue weighted by atomic mass is 16.2. The highest BCUT2D eigenvalue weighted by Crippen LogP contribution is 2.08. The van der Waals surface area contributed by atoms with Crippen molar-refractivity contribution >= 4 is 11.7 Å². The van der Waals surface area contributed by atoms with E-state index in [0.29, 0.717) is 19.4 Å². The van der Waals surface area contributed by atoms with E-state index in [1.54, 1.807) is 0 Å². The monoisotopic (exact) mass is 186 g/mol. The molecule has 0 bridgehead atoms. The van der Waals surface area contributed by atoms with E-state index >= 15 is 0 Å². The van der Waals surface area contributed by atoms with Crippen molar-refractivity contribution in [3.63, 3.8) is 0 Å². The highest BCUT2D eigenvalue weighted by molar-refractivity contribution is 5.80. The topological polar surface area (TPSA) is 72.2 Å². The van der Waals surface area contributed by atoms with Gasteiger partial charge in [-0.2, -0.15) is 0 Å². The predicted octanol–water partition coefficient (Wildman–Crippen LogP) is 0.209. The third kappa shape index (κ3) is 6.28. The molecule has 0 aromatic carbocycles. The van der Waals surface area contributed by atoms with Crippen molar-refractivity contribution in [2.45, 2.75) is 39.2 Å². The van der Waals surface area contributed by atoms with Gasteiger partial charge in [0, 0.05) is 24.9 Å². The maximum absolute atomic E-state index is 11.1. The number of hydrogen-bond acceptors (Lipinski definition) is 3. The van der Waals surface area contributed by atoms with E-state index in [0.717, 1.165) is 0 Å². The Bertz CT molecular complexity index is 200. The van der Waals surface area contributed by atoms with Crippen molar-refractivity contribution in [2.75, 3.05) is 6.54 Å². The molecule has 0 aliphatic carbocycles. The molecule has 0 aromatic heterocycles. The maximum atomic E-state index is 11.1. The van der Waals surface area contributed by atoms with Gasteiger partial charge in [-0.05, 0) is 20.8 Å². The first kappa shape index (κ1) is 12.1. The molecule has 0 rings (SSSR count). The van der Waals surface area contributed by atoms with Crippen LogP contribution in [0.15, 0.2) is 0 Å². The van der Waals surface area contributed by atoms with Gasteiger partial charge >= 0.3 is 0 Å². The van der Waals surface area contributed by atoms with Gasteiger partial charge in [-0.1, -0.05) is 0 Å². The van der Waals surface area contributed by atoms with E-state index < -0.39 is 5.54 Å². The zero-order valence-electron chi connectivity index (χ0n) is 8.52. The first-order valence-electron chi connectivity index (χ1n) is 4.38. The number of hydrogen-bond donors (Lipinski definition) is 2. The summed E-state index contributed by atoms with van der Waals surface area (Å²) < 4.78 is 0. The molecule has 4 nitrogen and oxygen atoms in total. The summed E-state index contributed by atoms with van der Waals surface area (Å²) in [5.74, 6) is -0.0354. The first-order chi connectivity index (χ1) is 5.87. The summed E-state index contributed by atoms with van der Waals surface area (Å²) in [6, 6.07) is 0. The van der Waals surface area contributed by atoms with Crippen LogP contribution >= 0.6 is 0 Å². The molecule has 0 radical (unpaired) electrons.